The van der Waals surface area contributed by atoms with E-state index in [4.69, 9.17) is 11.6 Å². The van der Waals surface area contributed by atoms with E-state index in [1.165, 1.54) is 0 Å². The number of aliphatic hydroxyl groups excluding tert-OH is 1. The number of hydrogen-bond acceptors (Lipinski definition) is 2. The van der Waals surface area contributed by atoms with E-state index < -0.39 is 18.7 Å². The van der Waals surface area contributed by atoms with Gasteiger partial charge in [0.05, 0.1) is 22.5 Å². The van der Waals surface area contributed by atoms with Crippen LogP contribution in [0.5, 0.6) is 0 Å². The molecular formula is C12H18ClF3N2O. The molecule has 1 heterocycles. The minimum atomic E-state index is -4.25. The third-order valence-electron chi connectivity index (χ3n) is 2.88. The number of nitrogens with zero attached hydrogens (tertiary/aromatic N) is 2. The first-order chi connectivity index (χ1) is 8.78. The zero-order valence-corrected chi connectivity index (χ0v) is 11.7. The molecule has 0 aliphatic heterocycles. The number of halogens is 4. The van der Waals surface area contributed by atoms with Gasteiger partial charge >= 0.3 is 6.18 Å². The van der Waals surface area contributed by atoms with Crippen LogP contribution >= 0.6 is 11.6 Å². The molecule has 1 N–H and O–H groups in total. The van der Waals surface area contributed by atoms with Gasteiger partial charge in [-0.2, -0.15) is 18.3 Å². The molecule has 1 atom stereocenters. The van der Waals surface area contributed by atoms with Gasteiger partial charge in [0.25, 0.3) is 0 Å². The summed E-state index contributed by atoms with van der Waals surface area (Å²) in [6.07, 6.45) is -5.88. The second-order valence-corrected chi connectivity index (χ2v) is 4.77. The zero-order chi connectivity index (χ0) is 14.6. The summed E-state index contributed by atoms with van der Waals surface area (Å²) < 4.78 is 37.9. The van der Waals surface area contributed by atoms with Gasteiger partial charge in [-0.15, -0.1) is 0 Å². The summed E-state index contributed by atoms with van der Waals surface area (Å²) in [5, 5.41) is 14.4. The smallest absolute Gasteiger partial charge is 0.389 e. The number of hydrogen-bond donors (Lipinski definition) is 1. The number of alkyl halides is 3. The van der Waals surface area contributed by atoms with E-state index in [1.54, 1.807) is 4.68 Å². The Hall–Kier alpha value is -0.750. The normalized spacial score (nSPS) is 13.8. The van der Waals surface area contributed by atoms with Gasteiger partial charge in [-0.25, -0.2) is 0 Å². The van der Waals surface area contributed by atoms with Gasteiger partial charge < -0.3 is 5.11 Å². The van der Waals surface area contributed by atoms with Gasteiger partial charge in [-0.3, -0.25) is 4.68 Å². The van der Waals surface area contributed by atoms with E-state index in [2.05, 4.69) is 5.10 Å². The number of aromatic nitrogens is 2. The number of aryl methyl sites for hydroxylation is 2. The average Bonchev–Trinajstić information content (AvgIpc) is 2.63. The van der Waals surface area contributed by atoms with Crippen LogP contribution in [0.3, 0.4) is 0 Å². The van der Waals surface area contributed by atoms with Gasteiger partial charge in [-0.05, 0) is 19.8 Å². The van der Waals surface area contributed by atoms with Crippen molar-refractivity contribution in [2.45, 2.75) is 58.4 Å². The van der Waals surface area contributed by atoms with Crippen molar-refractivity contribution in [3.63, 3.8) is 0 Å². The lowest BCUT2D eigenvalue weighted by Gasteiger charge is -2.13. The van der Waals surface area contributed by atoms with Gasteiger partial charge in [0.1, 0.15) is 0 Å². The van der Waals surface area contributed by atoms with Crippen molar-refractivity contribution in [2.75, 3.05) is 0 Å². The molecule has 0 bridgehead atoms. The van der Waals surface area contributed by atoms with Gasteiger partial charge in [0, 0.05) is 19.4 Å². The molecule has 1 aromatic rings. The monoisotopic (exact) mass is 298 g/mol. The van der Waals surface area contributed by atoms with Crippen LogP contribution < -0.4 is 0 Å². The summed E-state index contributed by atoms with van der Waals surface area (Å²) in [6, 6.07) is 0. The standard InChI is InChI=1S/C12H18ClF3N2O/c1-3-9-11(13)10(18(4-2)17-9)7-8(19)5-6-12(14,15)16/h8,19H,3-7H2,1-2H3. The molecule has 1 aromatic heterocycles. The van der Waals surface area contributed by atoms with Crippen LogP contribution in [0.25, 0.3) is 0 Å². The molecule has 0 fully saturated rings. The molecule has 0 amide bonds. The molecule has 0 aromatic carbocycles. The third kappa shape index (κ3) is 4.69. The van der Waals surface area contributed by atoms with Crippen LogP contribution in [-0.2, 0) is 19.4 Å². The van der Waals surface area contributed by atoms with Crippen LogP contribution in [0.2, 0.25) is 5.02 Å². The van der Waals surface area contributed by atoms with E-state index >= 15 is 0 Å². The highest BCUT2D eigenvalue weighted by Gasteiger charge is 2.28. The maximum atomic E-state index is 12.1. The summed E-state index contributed by atoms with van der Waals surface area (Å²) in [5.74, 6) is 0. The zero-order valence-electron chi connectivity index (χ0n) is 11.0. The number of rotatable bonds is 6. The van der Waals surface area contributed by atoms with Gasteiger partial charge in [0.15, 0.2) is 0 Å². The van der Waals surface area contributed by atoms with E-state index in [0.29, 0.717) is 29.4 Å². The van der Waals surface area contributed by atoms with Crippen LogP contribution in [0.1, 0.15) is 38.1 Å². The Morgan fingerprint density at radius 1 is 1.37 bits per heavy atom. The van der Waals surface area contributed by atoms with Crippen LogP contribution in [0.15, 0.2) is 0 Å². The van der Waals surface area contributed by atoms with Crippen molar-refractivity contribution in [1.29, 1.82) is 0 Å². The second kappa shape index (κ2) is 6.61. The largest absolute Gasteiger partial charge is 0.393 e. The van der Waals surface area contributed by atoms with Gasteiger partial charge in [-0.1, -0.05) is 18.5 Å². The maximum Gasteiger partial charge on any atom is 0.389 e. The molecule has 0 aliphatic rings. The summed E-state index contributed by atoms with van der Waals surface area (Å²) in [6.45, 7) is 4.34. The summed E-state index contributed by atoms with van der Waals surface area (Å²) in [4.78, 5) is 0. The average molecular weight is 299 g/mol. The molecule has 3 nitrogen and oxygen atoms in total. The molecule has 0 aliphatic carbocycles. The Labute approximate surface area is 115 Å². The highest BCUT2D eigenvalue weighted by atomic mass is 35.5. The predicted octanol–water partition coefficient (Wildman–Crippen LogP) is 3.36. The minimum Gasteiger partial charge on any atom is -0.393 e. The summed E-state index contributed by atoms with van der Waals surface area (Å²) in [5.41, 5.74) is 1.32. The molecule has 0 saturated carbocycles. The van der Waals surface area contributed by atoms with Crippen LogP contribution in [-0.4, -0.2) is 27.2 Å². The predicted molar refractivity (Wildman–Crippen MR) is 67.3 cm³/mol. The highest BCUT2D eigenvalue weighted by Crippen LogP contribution is 2.26. The van der Waals surface area contributed by atoms with Crippen molar-refractivity contribution >= 4 is 11.6 Å². The Bertz CT molecular complexity index is 418. The third-order valence-corrected chi connectivity index (χ3v) is 3.32. The minimum absolute atomic E-state index is 0.0930. The lowest BCUT2D eigenvalue weighted by molar-refractivity contribution is -0.139. The number of aliphatic hydroxyl groups is 1. The van der Waals surface area contributed by atoms with Crippen molar-refractivity contribution in [1.82, 2.24) is 9.78 Å². The quantitative estimate of drug-likeness (QED) is 0.874. The fourth-order valence-corrected chi connectivity index (χ4v) is 2.21. The molecule has 0 spiro atoms. The molecular weight excluding hydrogens is 281 g/mol. The Morgan fingerprint density at radius 3 is 2.47 bits per heavy atom. The lowest BCUT2D eigenvalue weighted by atomic mass is 10.1. The topological polar surface area (TPSA) is 38.0 Å². The van der Waals surface area contributed by atoms with E-state index in [-0.39, 0.29) is 12.8 Å². The fourth-order valence-electron chi connectivity index (χ4n) is 1.87. The fraction of sp³-hybridized carbons (Fsp3) is 0.750. The molecule has 1 rings (SSSR count). The first-order valence-electron chi connectivity index (χ1n) is 6.27. The van der Waals surface area contributed by atoms with Crippen LogP contribution in [0.4, 0.5) is 13.2 Å². The molecule has 0 radical (unpaired) electrons. The molecule has 19 heavy (non-hydrogen) atoms. The van der Waals surface area contributed by atoms with E-state index in [1.807, 2.05) is 13.8 Å². The van der Waals surface area contributed by atoms with Crippen molar-refractivity contribution < 1.29 is 18.3 Å². The van der Waals surface area contributed by atoms with Crippen LogP contribution in [0, 0.1) is 0 Å². The van der Waals surface area contributed by atoms with E-state index in [9.17, 15) is 18.3 Å². The first kappa shape index (κ1) is 16.3. The Balaban J connectivity index is 2.73. The Morgan fingerprint density at radius 2 is 2.00 bits per heavy atom. The Kier molecular flexibility index (Phi) is 5.67. The highest BCUT2D eigenvalue weighted by molar-refractivity contribution is 6.31. The molecule has 110 valence electrons. The van der Waals surface area contributed by atoms with Crippen molar-refractivity contribution in [2.24, 2.45) is 0 Å². The summed E-state index contributed by atoms with van der Waals surface area (Å²) >= 11 is 6.13. The second-order valence-electron chi connectivity index (χ2n) is 4.39. The van der Waals surface area contributed by atoms with Crippen molar-refractivity contribution in [3.8, 4) is 0 Å². The SMILES string of the molecule is CCc1nn(CC)c(CC(O)CCC(F)(F)F)c1Cl. The summed E-state index contributed by atoms with van der Waals surface area (Å²) in [7, 11) is 0. The lowest BCUT2D eigenvalue weighted by Crippen LogP contribution is -2.18. The maximum absolute atomic E-state index is 12.1. The van der Waals surface area contributed by atoms with Gasteiger partial charge in [0.2, 0.25) is 0 Å². The molecule has 7 heteroatoms. The van der Waals surface area contributed by atoms with E-state index in [0.717, 1.165) is 0 Å². The molecule has 0 saturated heterocycles. The first-order valence-corrected chi connectivity index (χ1v) is 6.65. The molecule has 1 unspecified atom stereocenters. The van der Waals surface area contributed by atoms with Crippen molar-refractivity contribution in [3.05, 3.63) is 16.4 Å².